The van der Waals surface area contributed by atoms with E-state index in [0.29, 0.717) is 12.0 Å². The van der Waals surface area contributed by atoms with Crippen LogP contribution in [0.1, 0.15) is 33.6 Å². The van der Waals surface area contributed by atoms with Gasteiger partial charge in [0, 0.05) is 17.9 Å². The minimum absolute atomic E-state index is 0.236. The van der Waals surface area contributed by atoms with Crippen LogP contribution in [0.4, 0.5) is 0 Å². The summed E-state index contributed by atoms with van der Waals surface area (Å²) in [5.74, 6) is -1.08. The van der Waals surface area contributed by atoms with E-state index in [2.05, 4.69) is 0 Å². The van der Waals surface area contributed by atoms with E-state index < -0.39 is 66.0 Å². The fraction of sp³-hybridized carbons (Fsp3) is 0.762. The van der Waals surface area contributed by atoms with Gasteiger partial charge >= 0.3 is 5.97 Å². The lowest BCUT2D eigenvalue weighted by atomic mass is 9.59. The highest BCUT2D eigenvalue weighted by Crippen LogP contribution is 2.58. The Bertz CT molecular complexity index is 728. The van der Waals surface area contributed by atoms with Gasteiger partial charge in [0.05, 0.1) is 19.3 Å². The Morgan fingerprint density at radius 2 is 1.84 bits per heavy atom. The van der Waals surface area contributed by atoms with Crippen LogP contribution in [-0.2, 0) is 19.0 Å². The lowest BCUT2D eigenvalue weighted by molar-refractivity contribution is -0.319. The quantitative estimate of drug-likeness (QED) is 0.223. The molecule has 6 N–H and O–H groups in total. The Balaban J connectivity index is 1.78. The lowest BCUT2D eigenvalue weighted by Gasteiger charge is -2.51. The fourth-order valence-electron chi connectivity index (χ4n) is 4.95. The maximum absolute atomic E-state index is 11.6. The molecule has 1 aliphatic carbocycles. The lowest BCUT2D eigenvalue weighted by Crippen LogP contribution is -2.63. The van der Waals surface area contributed by atoms with E-state index in [0.717, 1.165) is 6.08 Å². The van der Waals surface area contributed by atoms with E-state index in [1.807, 2.05) is 6.92 Å². The van der Waals surface area contributed by atoms with E-state index in [9.17, 15) is 30.3 Å². The van der Waals surface area contributed by atoms with E-state index in [1.54, 1.807) is 26.0 Å². The first-order chi connectivity index (χ1) is 14.4. The van der Waals surface area contributed by atoms with Crippen molar-refractivity contribution >= 4 is 5.97 Å². The summed E-state index contributed by atoms with van der Waals surface area (Å²) in [5.41, 5.74) is -2.77. The number of carboxylic acid groups (broad SMARTS) is 1. The molecule has 0 aromatic carbocycles. The van der Waals surface area contributed by atoms with Crippen LogP contribution in [0.15, 0.2) is 23.8 Å². The molecule has 2 bridgehead atoms. The molecule has 1 saturated carbocycles. The first-order valence-electron chi connectivity index (χ1n) is 10.3. The summed E-state index contributed by atoms with van der Waals surface area (Å²) < 4.78 is 17.3. The van der Waals surface area contributed by atoms with E-state index >= 15 is 0 Å². The van der Waals surface area contributed by atoms with Crippen molar-refractivity contribution in [3.63, 3.8) is 0 Å². The maximum Gasteiger partial charge on any atom is 0.328 e. The highest BCUT2D eigenvalue weighted by Gasteiger charge is 2.67. The summed E-state index contributed by atoms with van der Waals surface area (Å²) in [6.45, 7) is 4.88. The summed E-state index contributed by atoms with van der Waals surface area (Å²) in [4.78, 5) is 10.9. The van der Waals surface area contributed by atoms with Crippen molar-refractivity contribution in [2.45, 2.75) is 81.6 Å². The molecule has 10 nitrogen and oxygen atoms in total. The third-order valence-electron chi connectivity index (χ3n) is 6.84. The standard InChI is InChI=1S/C21H32O10/c1-11(6-14(23)24)4-5-21(28)19(2)7-12(8-20(21,3)29-10-19)30-18-17(27)16(26)15(25)13(9-22)31-18/h4-6,12-13,15-18,22,25-28H,7-10H2,1-3H3,(H,23,24)/b5-4+,11-6-/t12-,13+,15+,16-,17+,18?,19?,20?,21-/m0/s1. The first kappa shape index (κ1) is 24.3. The van der Waals surface area contributed by atoms with Crippen LogP contribution >= 0.6 is 0 Å². The van der Waals surface area contributed by atoms with Crippen molar-refractivity contribution in [1.82, 2.24) is 0 Å². The van der Waals surface area contributed by atoms with Gasteiger partial charge in [0.25, 0.3) is 0 Å². The average molecular weight is 444 g/mol. The Labute approximate surface area is 180 Å². The topological polar surface area (TPSA) is 166 Å². The number of hydrogen-bond donors (Lipinski definition) is 6. The molecule has 2 aliphatic heterocycles. The number of allylic oxidation sites excluding steroid dienone is 2. The monoisotopic (exact) mass is 444 g/mol. The second kappa shape index (κ2) is 8.53. The molecule has 3 aliphatic rings. The molecule has 3 unspecified atom stereocenters. The van der Waals surface area contributed by atoms with Gasteiger partial charge in [-0.25, -0.2) is 4.79 Å². The van der Waals surface area contributed by atoms with Crippen molar-refractivity contribution < 1.29 is 49.6 Å². The smallest absolute Gasteiger partial charge is 0.328 e. The van der Waals surface area contributed by atoms with Gasteiger partial charge < -0.3 is 44.8 Å². The second-order valence-corrected chi connectivity index (χ2v) is 9.27. The van der Waals surface area contributed by atoms with Gasteiger partial charge in [-0.2, -0.15) is 0 Å². The van der Waals surface area contributed by atoms with E-state index in [1.165, 1.54) is 0 Å². The molecule has 0 aromatic rings. The Morgan fingerprint density at radius 1 is 1.16 bits per heavy atom. The molecule has 0 amide bonds. The number of rotatable bonds is 6. The van der Waals surface area contributed by atoms with E-state index in [4.69, 9.17) is 19.3 Å². The average Bonchev–Trinajstić information content (AvgIpc) is 2.79. The van der Waals surface area contributed by atoms with Gasteiger partial charge in [0.15, 0.2) is 6.29 Å². The third kappa shape index (κ3) is 4.19. The molecule has 2 heterocycles. The van der Waals surface area contributed by atoms with Crippen LogP contribution in [0.2, 0.25) is 0 Å². The Kier molecular flexibility index (Phi) is 6.68. The van der Waals surface area contributed by atoms with Crippen molar-refractivity contribution in [3.8, 4) is 0 Å². The zero-order valence-electron chi connectivity index (χ0n) is 17.8. The third-order valence-corrected chi connectivity index (χ3v) is 6.84. The predicted octanol–water partition coefficient (Wildman–Crippen LogP) is -0.921. The van der Waals surface area contributed by atoms with Crippen LogP contribution < -0.4 is 0 Å². The Hall–Kier alpha value is -1.37. The van der Waals surface area contributed by atoms with Gasteiger partial charge in [0.1, 0.15) is 35.6 Å². The summed E-state index contributed by atoms with van der Waals surface area (Å²) in [5, 5.41) is 60.0. The largest absolute Gasteiger partial charge is 0.478 e. The van der Waals surface area contributed by atoms with Gasteiger partial charge in [-0.05, 0) is 31.9 Å². The zero-order valence-corrected chi connectivity index (χ0v) is 17.8. The van der Waals surface area contributed by atoms with Crippen LogP contribution in [0.3, 0.4) is 0 Å². The van der Waals surface area contributed by atoms with Crippen LogP contribution in [0, 0.1) is 5.41 Å². The van der Waals surface area contributed by atoms with Crippen molar-refractivity contribution in [3.05, 3.63) is 23.8 Å². The normalized spacial score (nSPS) is 48.3. The van der Waals surface area contributed by atoms with E-state index in [-0.39, 0.29) is 13.0 Å². The number of ether oxygens (including phenoxy) is 3. The summed E-state index contributed by atoms with van der Waals surface area (Å²) in [6, 6.07) is 0. The molecular formula is C21H32O10. The molecule has 9 atom stereocenters. The highest BCUT2D eigenvalue weighted by atomic mass is 16.7. The van der Waals surface area contributed by atoms with Crippen LogP contribution in [0.25, 0.3) is 0 Å². The predicted molar refractivity (Wildman–Crippen MR) is 106 cm³/mol. The molecule has 31 heavy (non-hydrogen) atoms. The minimum atomic E-state index is -1.54. The number of carbonyl (C=O) groups is 1. The van der Waals surface area contributed by atoms with Crippen LogP contribution in [-0.4, -0.2) is 97.8 Å². The van der Waals surface area contributed by atoms with Gasteiger partial charge in [-0.15, -0.1) is 0 Å². The number of aliphatic hydroxyl groups excluding tert-OH is 4. The SMILES string of the molecule is CC(=C/C(=O)O)/C=C/[C@]1(O)C2(C)COC1(C)C[C@@H](OC1O[C@H](CO)[C@@H](O)[C@H](O)[C@H]1O)C2. The molecule has 0 radical (unpaired) electrons. The Morgan fingerprint density at radius 3 is 2.42 bits per heavy atom. The van der Waals surface area contributed by atoms with Gasteiger partial charge in [0.2, 0.25) is 0 Å². The molecule has 2 saturated heterocycles. The highest BCUT2D eigenvalue weighted by molar-refractivity contribution is 5.81. The number of fused-ring (bicyclic) bond motifs is 2. The first-order valence-corrected chi connectivity index (χ1v) is 10.3. The summed E-state index contributed by atoms with van der Waals surface area (Å²) in [7, 11) is 0. The van der Waals surface area contributed by atoms with Crippen molar-refractivity contribution in [1.29, 1.82) is 0 Å². The fourth-order valence-corrected chi connectivity index (χ4v) is 4.95. The number of aliphatic carboxylic acids is 1. The molecule has 0 spiro atoms. The molecule has 3 fully saturated rings. The number of hydrogen-bond acceptors (Lipinski definition) is 9. The van der Waals surface area contributed by atoms with Crippen molar-refractivity contribution in [2.75, 3.05) is 13.2 Å². The summed E-state index contributed by atoms with van der Waals surface area (Å²) in [6.07, 6.45) is -2.65. The number of carboxylic acids is 1. The molecule has 176 valence electrons. The summed E-state index contributed by atoms with van der Waals surface area (Å²) >= 11 is 0. The second-order valence-electron chi connectivity index (χ2n) is 9.27. The molecule has 0 aromatic heterocycles. The molecule has 3 rings (SSSR count). The minimum Gasteiger partial charge on any atom is -0.478 e. The van der Waals surface area contributed by atoms with Gasteiger partial charge in [-0.3, -0.25) is 0 Å². The number of aliphatic hydroxyl groups is 5. The van der Waals surface area contributed by atoms with Crippen LogP contribution in [0.5, 0.6) is 0 Å². The zero-order chi connectivity index (χ0) is 23.2. The van der Waals surface area contributed by atoms with Crippen molar-refractivity contribution in [2.24, 2.45) is 5.41 Å². The molecule has 10 heteroatoms. The van der Waals surface area contributed by atoms with Gasteiger partial charge in [-0.1, -0.05) is 13.0 Å². The molecular weight excluding hydrogens is 412 g/mol. The maximum atomic E-state index is 11.6.